The molecular formula is C65H125NO6. The summed E-state index contributed by atoms with van der Waals surface area (Å²) in [4.78, 5) is 24.5. The van der Waals surface area contributed by atoms with Crippen molar-refractivity contribution in [1.29, 1.82) is 0 Å². The lowest BCUT2D eigenvalue weighted by molar-refractivity contribution is -0.143. The first kappa shape index (κ1) is 70.3. The van der Waals surface area contributed by atoms with Gasteiger partial charge in [0.2, 0.25) is 5.91 Å². The van der Waals surface area contributed by atoms with Crippen LogP contribution in [0.5, 0.6) is 0 Å². The molecule has 0 aromatic rings. The van der Waals surface area contributed by atoms with E-state index in [-0.39, 0.29) is 18.5 Å². The average molecular weight is 1020 g/mol. The number of esters is 1. The fourth-order valence-electron chi connectivity index (χ4n) is 10.1. The lowest BCUT2D eigenvalue weighted by Crippen LogP contribution is -2.50. The van der Waals surface area contributed by atoms with E-state index in [4.69, 9.17) is 4.74 Å². The van der Waals surface area contributed by atoms with Crippen molar-refractivity contribution in [3.8, 4) is 0 Å². The van der Waals surface area contributed by atoms with Gasteiger partial charge in [0.05, 0.1) is 25.4 Å². The van der Waals surface area contributed by atoms with Crippen LogP contribution in [0.15, 0.2) is 24.3 Å². The van der Waals surface area contributed by atoms with Crippen LogP contribution in [-0.2, 0) is 14.3 Å². The van der Waals surface area contributed by atoms with Gasteiger partial charge in [-0.2, -0.15) is 0 Å². The molecular weight excluding hydrogens is 891 g/mol. The van der Waals surface area contributed by atoms with Gasteiger partial charge in [-0.3, -0.25) is 9.59 Å². The molecule has 3 atom stereocenters. The molecule has 0 rings (SSSR count). The molecule has 0 radical (unpaired) electrons. The van der Waals surface area contributed by atoms with Crippen LogP contribution >= 0.6 is 0 Å². The second-order valence-corrected chi connectivity index (χ2v) is 22.2. The Morgan fingerprint density at radius 1 is 0.403 bits per heavy atom. The average Bonchev–Trinajstić information content (AvgIpc) is 3.38. The van der Waals surface area contributed by atoms with Gasteiger partial charge in [-0.1, -0.05) is 301 Å². The summed E-state index contributed by atoms with van der Waals surface area (Å²) in [5.41, 5.74) is 0. The molecule has 0 heterocycles. The first-order valence-corrected chi connectivity index (χ1v) is 32.2. The van der Waals surface area contributed by atoms with Crippen molar-refractivity contribution in [3.05, 3.63) is 24.3 Å². The van der Waals surface area contributed by atoms with Gasteiger partial charge in [-0.25, -0.2) is 0 Å². The minimum absolute atomic E-state index is 0.00130. The highest BCUT2D eigenvalue weighted by Gasteiger charge is 2.26. The van der Waals surface area contributed by atoms with E-state index in [2.05, 4.69) is 43.5 Å². The molecule has 0 aliphatic rings. The Morgan fingerprint density at radius 3 is 1.12 bits per heavy atom. The number of aliphatic hydroxyl groups is 3. The number of nitrogens with one attached hydrogen (secondary N) is 1. The number of rotatable bonds is 60. The van der Waals surface area contributed by atoms with Gasteiger partial charge < -0.3 is 25.4 Å². The largest absolute Gasteiger partial charge is 0.466 e. The van der Waals surface area contributed by atoms with Crippen molar-refractivity contribution in [2.75, 3.05) is 13.2 Å². The summed E-state index contributed by atoms with van der Waals surface area (Å²) >= 11 is 0. The summed E-state index contributed by atoms with van der Waals surface area (Å²) in [5.74, 6) is -0.144. The van der Waals surface area contributed by atoms with Crippen LogP contribution in [0.2, 0.25) is 0 Å². The molecule has 1 amide bonds. The summed E-state index contributed by atoms with van der Waals surface area (Å²) in [6, 6.07) is -0.811. The number of carbonyl (C=O) groups excluding carboxylic acids is 2. The van der Waals surface area contributed by atoms with E-state index in [1.165, 1.54) is 250 Å². The monoisotopic (exact) mass is 1020 g/mol. The SMILES string of the molecule is CCCCC/C=C\C/C=C\CCCCCCCC(=O)OCCCCCCCCCCCCCCCCCCCCCCCCCCCCCC(=O)N[C@@H](CO)[C@H](O)[C@H](O)CCCCCCCCCCCCC. The second-order valence-electron chi connectivity index (χ2n) is 22.2. The molecule has 0 aliphatic carbocycles. The van der Waals surface area contributed by atoms with Crippen molar-refractivity contribution in [2.45, 2.75) is 366 Å². The summed E-state index contributed by atoms with van der Waals surface area (Å²) in [5, 5.41) is 33.6. The smallest absolute Gasteiger partial charge is 0.305 e. The molecule has 7 heteroatoms. The molecule has 72 heavy (non-hydrogen) atoms. The van der Waals surface area contributed by atoms with Gasteiger partial charge >= 0.3 is 5.97 Å². The standard InChI is InChI=1S/C65H125NO6/c1-3-5-7-9-11-13-15-16-30-34-38-42-46-50-54-58-64(70)72-59-55-51-47-43-39-35-32-29-27-25-23-21-19-17-18-20-22-24-26-28-31-33-37-41-45-49-53-57-63(69)66-61(60-67)65(71)62(68)56-52-48-44-40-36-14-12-10-8-6-4-2/h11,13,16,30,61-62,65,67-68,71H,3-10,12,14-15,17-29,31-60H2,1-2H3,(H,66,69)/b13-11-,30-16-/t61-,62+,65-/m0/s1. The van der Waals surface area contributed by atoms with Gasteiger partial charge in [0.15, 0.2) is 0 Å². The molecule has 7 nitrogen and oxygen atoms in total. The molecule has 4 N–H and O–H groups in total. The van der Waals surface area contributed by atoms with E-state index >= 15 is 0 Å². The Morgan fingerprint density at radius 2 is 0.722 bits per heavy atom. The predicted molar refractivity (Wildman–Crippen MR) is 312 cm³/mol. The summed E-state index contributed by atoms with van der Waals surface area (Å²) < 4.78 is 5.48. The first-order valence-electron chi connectivity index (χ1n) is 32.2. The van der Waals surface area contributed by atoms with Crippen LogP contribution < -0.4 is 5.32 Å². The number of ether oxygens (including phenoxy) is 1. The van der Waals surface area contributed by atoms with Crippen LogP contribution in [0.1, 0.15) is 348 Å². The molecule has 0 saturated heterocycles. The Bertz CT molecular complexity index is 1140. The van der Waals surface area contributed by atoms with Gasteiger partial charge in [0.1, 0.15) is 6.10 Å². The third-order valence-electron chi connectivity index (χ3n) is 15.1. The summed E-state index contributed by atoms with van der Waals surface area (Å²) in [6.45, 7) is 4.74. The predicted octanol–water partition coefficient (Wildman–Crippen LogP) is 19.2. The Hall–Kier alpha value is -1.70. The molecule has 0 fully saturated rings. The fraction of sp³-hybridized carbons (Fsp3) is 0.908. The summed E-state index contributed by atoms with van der Waals surface area (Å²) in [7, 11) is 0. The quantitative estimate of drug-likeness (QED) is 0.0274. The normalized spacial score (nSPS) is 13.1. The minimum atomic E-state index is -1.14. The molecule has 0 saturated carbocycles. The number of hydrogen-bond acceptors (Lipinski definition) is 6. The van der Waals surface area contributed by atoms with Crippen LogP contribution in [-0.4, -0.2) is 58.7 Å². The zero-order valence-electron chi connectivity index (χ0n) is 48.3. The van der Waals surface area contributed by atoms with Crippen LogP contribution in [0.25, 0.3) is 0 Å². The van der Waals surface area contributed by atoms with Crippen molar-refractivity contribution >= 4 is 11.9 Å². The Kier molecular flexibility index (Phi) is 58.7. The highest BCUT2D eigenvalue weighted by Crippen LogP contribution is 2.18. The first-order chi connectivity index (χ1) is 35.5. The molecule has 0 unspecified atom stereocenters. The second kappa shape index (κ2) is 60.2. The minimum Gasteiger partial charge on any atom is -0.466 e. The van der Waals surface area contributed by atoms with Crippen LogP contribution in [0, 0.1) is 0 Å². The number of aliphatic hydroxyl groups excluding tert-OH is 3. The lowest BCUT2D eigenvalue weighted by atomic mass is 9.99. The van der Waals surface area contributed by atoms with Crippen LogP contribution in [0.4, 0.5) is 0 Å². The molecule has 0 aromatic heterocycles. The van der Waals surface area contributed by atoms with Crippen molar-refractivity contribution < 1.29 is 29.6 Å². The number of hydrogen-bond donors (Lipinski definition) is 4. The topological polar surface area (TPSA) is 116 Å². The highest BCUT2D eigenvalue weighted by atomic mass is 16.5. The molecule has 0 bridgehead atoms. The third kappa shape index (κ3) is 54.6. The van der Waals surface area contributed by atoms with E-state index in [0.717, 1.165) is 64.2 Å². The maximum absolute atomic E-state index is 12.5. The van der Waals surface area contributed by atoms with Gasteiger partial charge in [-0.15, -0.1) is 0 Å². The Labute approximate surface area is 448 Å². The highest BCUT2D eigenvalue weighted by molar-refractivity contribution is 5.76. The fourth-order valence-corrected chi connectivity index (χ4v) is 10.1. The Balaban J connectivity index is 3.38. The zero-order chi connectivity index (χ0) is 52.3. The van der Waals surface area contributed by atoms with E-state index in [9.17, 15) is 24.9 Å². The lowest BCUT2D eigenvalue weighted by Gasteiger charge is -2.26. The number of carbonyl (C=O) groups is 2. The maximum atomic E-state index is 12.5. The number of allylic oxidation sites excluding steroid dienone is 4. The maximum Gasteiger partial charge on any atom is 0.305 e. The van der Waals surface area contributed by atoms with Gasteiger partial charge in [-0.05, 0) is 57.8 Å². The third-order valence-corrected chi connectivity index (χ3v) is 15.1. The van der Waals surface area contributed by atoms with E-state index in [1.807, 2.05) is 0 Å². The van der Waals surface area contributed by atoms with E-state index < -0.39 is 18.2 Å². The molecule has 0 aromatic carbocycles. The van der Waals surface area contributed by atoms with Gasteiger partial charge in [0, 0.05) is 12.8 Å². The van der Waals surface area contributed by atoms with Crippen molar-refractivity contribution in [2.24, 2.45) is 0 Å². The van der Waals surface area contributed by atoms with Gasteiger partial charge in [0.25, 0.3) is 0 Å². The molecule has 0 spiro atoms. The van der Waals surface area contributed by atoms with E-state index in [0.29, 0.717) is 25.9 Å². The van der Waals surface area contributed by atoms with Crippen molar-refractivity contribution in [3.63, 3.8) is 0 Å². The van der Waals surface area contributed by atoms with E-state index in [1.54, 1.807) is 0 Å². The number of amides is 1. The van der Waals surface area contributed by atoms with Crippen LogP contribution in [0.3, 0.4) is 0 Å². The summed E-state index contributed by atoms with van der Waals surface area (Å²) in [6.07, 6.45) is 70.9. The molecule has 426 valence electrons. The zero-order valence-corrected chi connectivity index (χ0v) is 48.3. The number of unbranched alkanes of at least 4 members (excludes halogenated alkanes) is 44. The molecule has 0 aliphatic heterocycles. The van der Waals surface area contributed by atoms with Crippen molar-refractivity contribution in [1.82, 2.24) is 5.32 Å².